The summed E-state index contributed by atoms with van der Waals surface area (Å²) in [5.74, 6) is 1.84. The molecule has 138 valence electrons. The Kier molecular flexibility index (Phi) is 5.35. The van der Waals surface area contributed by atoms with Gasteiger partial charge >= 0.3 is 5.97 Å². The smallest absolute Gasteiger partial charge is 0.341 e. The first-order valence-electron chi connectivity index (χ1n) is 8.33. The lowest BCUT2D eigenvalue weighted by Gasteiger charge is -2.35. The number of carbonyl (C=O) groups is 1. The molecule has 0 unspecified atom stereocenters. The van der Waals surface area contributed by atoms with E-state index in [1.807, 2.05) is 4.90 Å². The minimum atomic E-state index is -0.422. The van der Waals surface area contributed by atoms with Crippen molar-refractivity contribution in [1.82, 2.24) is 14.9 Å². The molecule has 0 aromatic carbocycles. The van der Waals surface area contributed by atoms with Gasteiger partial charge in [-0.15, -0.1) is 0 Å². The Morgan fingerprint density at radius 2 is 2.00 bits per heavy atom. The second kappa shape index (κ2) is 7.85. The van der Waals surface area contributed by atoms with Crippen LogP contribution in [0.1, 0.15) is 21.9 Å². The van der Waals surface area contributed by atoms with Crippen molar-refractivity contribution in [2.75, 3.05) is 38.2 Å². The van der Waals surface area contributed by atoms with Gasteiger partial charge in [0.2, 0.25) is 5.95 Å². The number of guanidine groups is 1. The van der Waals surface area contributed by atoms with Crippen molar-refractivity contribution in [2.45, 2.75) is 13.5 Å². The van der Waals surface area contributed by atoms with Crippen molar-refractivity contribution < 1.29 is 13.9 Å². The second-order valence-corrected chi connectivity index (χ2v) is 5.87. The number of methoxy groups -OCH3 is 1. The molecule has 0 amide bonds. The molecule has 2 aromatic rings. The van der Waals surface area contributed by atoms with E-state index in [1.54, 1.807) is 31.5 Å². The quantitative estimate of drug-likeness (QED) is 0.485. The van der Waals surface area contributed by atoms with Crippen molar-refractivity contribution in [2.24, 2.45) is 10.7 Å². The normalized spacial score (nSPS) is 15.2. The molecule has 0 bridgehead atoms. The minimum Gasteiger partial charge on any atom is -0.465 e. The fraction of sp³-hybridized carbons (Fsp3) is 0.412. The van der Waals surface area contributed by atoms with Crippen molar-refractivity contribution in [1.29, 1.82) is 0 Å². The molecule has 0 aliphatic carbocycles. The van der Waals surface area contributed by atoms with Gasteiger partial charge in [0.15, 0.2) is 5.96 Å². The van der Waals surface area contributed by atoms with E-state index in [1.165, 1.54) is 7.11 Å². The van der Waals surface area contributed by atoms with Crippen LogP contribution in [0.15, 0.2) is 33.9 Å². The Morgan fingerprint density at radius 1 is 1.31 bits per heavy atom. The maximum Gasteiger partial charge on any atom is 0.341 e. The van der Waals surface area contributed by atoms with Gasteiger partial charge in [-0.25, -0.2) is 19.8 Å². The van der Waals surface area contributed by atoms with Crippen molar-refractivity contribution >= 4 is 17.9 Å². The average molecular weight is 358 g/mol. The van der Waals surface area contributed by atoms with Gasteiger partial charge in [-0.2, -0.15) is 0 Å². The number of nitrogens with zero attached hydrogens (tertiary/aromatic N) is 5. The van der Waals surface area contributed by atoms with Gasteiger partial charge in [-0.05, 0) is 19.1 Å². The number of hydrogen-bond donors (Lipinski definition) is 1. The third kappa shape index (κ3) is 3.93. The summed E-state index contributed by atoms with van der Waals surface area (Å²) in [5, 5.41) is 0. The molecule has 3 heterocycles. The number of aromatic nitrogens is 2. The average Bonchev–Trinajstić information content (AvgIpc) is 3.07. The molecule has 0 saturated carbocycles. The summed E-state index contributed by atoms with van der Waals surface area (Å²) in [6.07, 6.45) is 3.47. The number of nitrogens with two attached hydrogens (primary N) is 1. The summed E-state index contributed by atoms with van der Waals surface area (Å²) in [4.78, 5) is 28.6. The number of esters is 1. The minimum absolute atomic E-state index is 0.270. The van der Waals surface area contributed by atoms with Gasteiger partial charge in [0, 0.05) is 38.6 Å². The van der Waals surface area contributed by atoms with Crippen LogP contribution in [0.25, 0.3) is 0 Å². The summed E-state index contributed by atoms with van der Waals surface area (Å²) in [6.45, 7) is 4.99. The number of furan rings is 1. The van der Waals surface area contributed by atoms with E-state index in [0.717, 1.165) is 32.1 Å². The van der Waals surface area contributed by atoms with Crippen molar-refractivity contribution in [3.05, 3.63) is 41.6 Å². The Morgan fingerprint density at radius 3 is 2.65 bits per heavy atom. The van der Waals surface area contributed by atoms with Gasteiger partial charge in [0.1, 0.15) is 23.6 Å². The fourth-order valence-corrected chi connectivity index (χ4v) is 2.78. The first-order chi connectivity index (χ1) is 12.6. The number of carbonyl (C=O) groups excluding carboxylic acids is 1. The summed E-state index contributed by atoms with van der Waals surface area (Å²) in [5.41, 5.74) is 6.51. The Bertz CT molecular complexity index is 781. The highest BCUT2D eigenvalue weighted by Crippen LogP contribution is 2.16. The molecule has 26 heavy (non-hydrogen) atoms. The first-order valence-corrected chi connectivity index (χ1v) is 8.33. The summed E-state index contributed by atoms with van der Waals surface area (Å²) in [6, 6.07) is 3.44. The number of aryl methyl sites for hydroxylation is 1. The monoisotopic (exact) mass is 358 g/mol. The number of anilines is 1. The molecule has 0 spiro atoms. The number of hydrogen-bond acceptors (Lipinski definition) is 7. The number of piperazine rings is 1. The van der Waals surface area contributed by atoms with Crippen LogP contribution in [-0.4, -0.2) is 60.1 Å². The largest absolute Gasteiger partial charge is 0.465 e. The summed E-state index contributed by atoms with van der Waals surface area (Å²) in [7, 11) is 1.34. The van der Waals surface area contributed by atoms with Crippen LogP contribution in [-0.2, 0) is 11.3 Å². The summed E-state index contributed by atoms with van der Waals surface area (Å²) < 4.78 is 10.3. The first kappa shape index (κ1) is 17.7. The summed E-state index contributed by atoms with van der Waals surface area (Å²) >= 11 is 0. The van der Waals surface area contributed by atoms with E-state index < -0.39 is 5.97 Å². The van der Waals surface area contributed by atoms with Gasteiger partial charge in [-0.3, -0.25) is 0 Å². The Balaban J connectivity index is 1.57. The molecule has 0 atom stereocenters. The molecule has 0 radical (unpaired) electrons. The van der Waals surface area contributed by atoms with Gasteiger partial charge in [0.25, 0.3) is 0 Å². The molecule has 1 fully saturated rings. The predicted molar refractivity (Wildman–Crippen MR) is 95.9 cm³/mol. The zero-order valence-corrected chi connectivity index (χ0v) is 14.9. The second-order valence-electron chi connectivity index (χ2n) is 5.87. The van der Waals surface area contributed by atoms with Crippen LogP contribution in [0.3, 0.4) is 0 Å². The van der Waals surface area contributed by atoms with Crippen LogP contribution in [0.5, 0.6) is 0 Å². The maximum absolute atomic E-state index is 11.6. The number of aliphatic imine (C=N–C) groups is 1. The molecule has 3 rings (SSSR count). The zero-order chi connectivity index (χ0) is 18.5. The van der Waals surface area contributed by atoms with E-state index in [2.05, 4.69) is 19.9 Å². The lowest BCUT2D eigenvalue weighted by Crippen LogP contribution is -2.51. The van der Waals surface area contributed by atoms with E-state index in [9.17, 15) is 4.79 Å². The maximum atomic E-state index is 11.6. The third-order valence-corrected chi connectivity index (χ3v) is 4.21. The Hall–Kier alpha value is -3.10. The van der Waals surface area contributed by atoms with E-state index in [-0.39, 0.29) is 6.54 Å². The SMILES string of the molecule is COC(=O)c1cc(CN=C(N)N2CCN(c3ncccn3)CC2)oc1C. The van der Waals surface area contributed by atoms with E-state index in [4.69, 9.17) is 14.9 Å². The van der Waals surface area contributed by atoms with Crippen LogP contribution < -0.4 is 10.6 Å². The standard InChI is InChI=1S/C17H22N6O3/c1-12-14(15(24)25-2)10-13(26-12)11-21-16(18)22-6-8-23(9-7-22)17-19-4-3-5-20-17/h3-5,10H,6-9,11H2,1-2H3,(H2,18,21). The zero-order valence-electron chi connectivity index (χ0n) is 14.9. The van der Waals surface area contributed by atoms with Crippen LogP contribution in [0.2, 0.25) is 0 Å². The Labute approximate surface area is 151 Å². The lowest BCUT2D eigenvalue weighted by atomic mass is 10.2. The molecule has 1 saturated heterocycles. The fourth-order valence-electron chi connectivity index (χ4n) is 2.78. The van der Waals surface area contributed by atoms with Gasteiger partial charge in [0.05, 0.1) is 7.11 Å². The highest BCUT2D eigenvalue weighted by Gasteiger charge is 2.20. The van der Waals surface area contributed by atoms with Crippen LogP contribution in [0.4, 0.5) is 5.95 Å². The highest BCUT2D eigenvalue weighted by molar-refractivity contribution is 5.90. The van der Waals surface area contributed by atoms with Gasteiger partial charge in [-0.1, -0.05) is 0 Å². The third-order valence-electron chi connectivity index (χ3n) is 4.21. The molecule has 1 aliphatic heterocycles. The van der Waals surface area contributed by atoms with Crippen LogP contribution in [0, 0.1) is 6.92 Å². The molecular weight excluding hydrogens is 336 g/mol. The molecule has 2 aromatic heterocycles. The molecular formula is C17H22N6O3. The number of ether oxygens (including phenoxy) is 1. The van der Waals surface area contributed by atoms with E-state index in [0.29, 0.717) is 23.0 Å². The van der Waals surface area contributed by atoms with E-state index >= 15 is 0 Å². The molecule has 9 nitrogen and oxygen atoms in total. The predicted octanol–water partition coefficient (Wildman–Crippen LogP) is 0.802. The number of rotatable bonds is 4. The van der Waals surface area contributed by atoms with Crippen molar-refractivity contribution in [3.8, 4) is 0 Å². The molecule has 9 heteroatoms. The van der Waals surface area contributed by atoms with Gasteiger partial charge < -0.3 is 24.7 Å². The van der Waals surface area contributed by atoms with Crippen LogP contribution >= 0.6 is 0 Å². The lowest BCUT2D eigenvalue weighted by molar-refractivity contribution is 0.0599. The molecule has 2 N–H and O–H groups in total. The topological polar surface area (TPSA) is 110 Å². The highest BCUT2D eigenvalue weighted by atomic mass is 16.5. The van der Waals surface area contributed by atoms with Crippen molar-refractivity contribution in [3.63, 3.8) is 0 Å². The molecule has 1 aliphatic rings.